The van der Waals surface area contributed by atoms with E-state index in [1.54, 1.807) is 18.2 Å². The van der Waals surface area contributed by atoms with Crippen LogP contribution in [-0.4, -0.2) is 10.1 Å². The molecule has 21 heavy (non-hydrogen) atoms. The molecule has 0 radical (unpaired) electrons. The van der Waals surface area contributed by atoms with Gasteiger partial charge in [0, 0.05) is 4.90 Å². The van der Waals surface area contributed by atoms with Crippen LogP contribution in [-0.2, 0) is 5.75 Å². The van der Waals surface area contributed by atoms with Gasteiger partial charge in [-0.3, -0.25) is 0 Å². The van der Waals surface area contributed by atoms with Crippen molar-refractivity contribution in [3.05, 3.63) is 52.9 Å². The molecular weight excluding hydrogens is 309 g/mol. The number of nitrogens with zero attached hydrogens (tertiary/aromatic N) is 3. The Balaban J connectivity index is 1.69. The molecular formula is C14H8FN3OS2. The Kier molecular flexibility index (Phi) is 3.99. The van der Waals surface area contributed by atoms with E-state index >= 15 is 0 Å². The number of hydrogen-bond donors (Lipinski definition) is 0. The van der Waals surface area contributed by atoms with Crippen LogP contribution >= 0.6 is 23.1 Å². The molecule has 0 aliphatic rings. The molecule has 0 N–H and O–H groups in total. The van der Waals surface area contributed by atoms with Crippen molar-refractivity contribution in [3.63, 3.8) is 0 Å². The minimum Gasteiger partial charge on any atom is -0.333 e. The van der Waals surface area contributed by atoms with Crippen LogP contribution in [0.2, 0.25) is 0 Å². The number of rotatable bonds is 4. The van der Waals surface area contributed by atoms with Crippen molar-refractivity contribution < 1.29 is 8.91 Å². The van der Waals surface area contributed by atoms with Crippen LogP contribution in [0.15, 0.2) is 45.8 Å². The summed E-state index contributed by atoms with van der Waals surface area (Å²) in [5, 5.41) is 12.7. The minimum atomic E-state index is -0.267. The normalized spacial score (nSPS) is 10.5. The molecule has 2 heterocycles. The van der Waals surface area contributed by atoms with E-state index in [4.69, 9.17) is 9.78 Å². The number of aromatic nitrogens is 2. The summed E-state index contributed by atoms with van der Waals surface area (Å²) in [6.07, 6.45) is 0. The predicted octanol–water partition coefficient (Wildman–Crippen LogP) is 4.10. The summed E-state index contributed by atoms with van der Waals surface area (Å²) in [6.45, 7) is 0. The third-order valence-electron chi connectivity index (χ3n) is 2.56. The smallest absolute Gasteiger partial charge is 0.268 e. The lowest BCUT2D eigenvalue weighted by Gasteiger charge is -1.97. The molecule has 0 saturated heterocycles. The highest BCUT2D eigenvalue weighted by molar-refractivity contribution is 7.98. The number of nitriles is 1. The fraction of sp³-hybridized carbons (Fsp3) is 0.0714. The zero-order chi connectivity index (χ0) is 14.7. The van der Waals surface area contributed by atoms with Crippen LogP contribution in [0.4, 0.5) is 4.39 Å². The van der Waals surface area contributed by atoms with Crippen LogP contribution < -0.4 is 0 Å². The first-order valence-electron chi connectivity index (χ1n) is 5.96. The molecule has 0 atom stereocenters. The van der Waals surface area contributed by atoms with Gasteiger partial charge in [-0.2, -0.15) is 10.2 Å². The highest BCUT2D eigenvalue weighted by Crippen LogP contribution is 2.28. The van der Waals surface area contributed by atoms with E-state index in [1.165, 1.54) is 35.2 Å². The number of benzene rings is 1. The van der Waals surface area contributed by atoms with Crippen molar-refractivity contribution in [1.29, 1.82) is 5.26 Å². The van der Waals surface area contributed by atoms with E-state index < -0.39 is 0 Å². The van der Waals surface area contributed by atoms with E-state index in [2.05, 4.69) is 16.2 Å². The largest absolute Gasteiger partial charge is 0.333 e. The lowest BCUT2D eigenvalue weighted by Crippen LogP contribution is -1.84. The van der Waals surface area contributed by atoms with E-state index in [9.17, 15) is 4.39 Å². The average molecular weight is 317 g/mol. The lowest BCUT2D eigenvalue weighted by molar-refractivity contribution is 0.426. The Bertz CT molecular complexity index is 806. The van der Waals surface area contributed by atoms with Gasteiger partial charge in [0.15, 0.2) is 5.82 Å². The van der Waals surface area contributed by atoms with E-state index in [1.807, 2.05) is 6.07 Å². The summed E-state index contributed by atoms with van der Waals surface area (Å²) < 4.78 is 18.2. The molecule has 0 saturated carbocycles. The zero-order valence-electron chi connectivity index (χ0n) is 10.6. The summed E-state index contributed by atoms with van der Waals surface area (Å²) in [5.74, 6) is 1.16. The summed E-state index contributed by atoms with van der Waals surface area (Å²) in [4.78, 5) is 6.44. The van der Waals surface area contributed by atoms with Crippen molar-refractivity contribution in [1.82, 2.24) is 10.1 Å². The molecule has 0 bridgehead atoms. The summed E-state index contributed by atoms with van der Waals surface area (Å²) in [7, 11) is 0. The van der Waals surface area contributed by atoms with Crippen LogP contribution in [0.3, 0.4) is 0 Å². The number of thiophene rings is 1. The standard InChI is InChI=1S/C14H8FN3OS2/c15-9-2-1-3-10(6-9)20-8-13-17-14(19-18-13)12-5-4-11(7-16)21-12/h1-6H,8H2. The first kappa shape index (κ1) is 13.8. The maximum absolute atomic E-state index is 13.1. The molecule has 2 aromatic heterocycles. The van der Waals surface area contributed by atoms with Gasteiger partial charge in [-0.1, -0.05) is 11.2 Å². The maximum atomic E-state index is 13.1. The minimum absolute atomic E-state index is 0.267. The third kappa shape index (κ3) is 3.29. The van der Waals surface area contributed by atoms with E-state index in [0.29, 0.717) is 22.3 Å². The highest BCUT2D eigenvalue weighted by Gasteiger charge is 2.11. The highest BCUT2D eigenvalue weighted by atomic mass is 32.2. The summed E-state index contributed by atoms with van der Waals surface area (Å²) in [6, 6.07) is 11.9. The fourth-order valence-electron chi connectivity index (χ4n) is 1.63. The molecule has 0 spiro atoms. The van der Waals surface area contributed by atoms with Gasteiger partial charge < -0.3 is 4.52 Å². The molecule has 7 heteroatoms. The maximum Gasteiger partial charge on any atom is 0.268 e. The zero-order valence-corrected chi connectivity index (χ0v) is 12.2. The van der Waals surface area contributed by atoms with Crippen molar-refractivity contribution in [2.45, 2.75) is 10.6 Å². The molecule has 0 fully saturated rings. The van der Waals surface area contributed by atoms with Gasteiger partial charge in [-0.15, -0.1) is 23.1 Å². The molecule has 4 nitrogen and oxygen atoms in total. The van der Waals surface area contributed by atoms with Gasteiger partial charge >= 0.3 is 0 Å². The van der Waals surface area contributed by atoms with Gasteiger partial charge in [-0.25, -0.2) is 4.39 Å². The third-order valence-corrected chi connectivity index (χ3v) is 4.53. The summed E-state index contributed by atoms with van der Waals surface area (Å²) in [5.41, 5.74) is 0. The second-order valence-electron chi connectivity index (χ2n) is 4.04. The molecule has 1 aromatic carbocycles. The molecule has 0 aliphatic carbocycles. The Morgan fingerprint density at radius 2 is 2.24 bits per heavy atom. The topological polar surface area (TPSA) is 62.7 Å². The lowest BCUT2D eigenvalue weighted by atomic mass is 10.4. The van der Waals surface area contributed by atoms with Crippen molar-refractivity contribution >= 4 is 23.1 Å². The second-order valence-corrected chi connectivity index (χ2v) is 6.17. The Morgan fingerprint density at radius 3 is 3.00 bits per heavy atom. The van der Waals surface area contributed by atoms with Crippen molar-refractivity contribution in [2.24, 2.45) is 0 Å². The van der Waals surface area contributed by atoms with Gasteiger partial charge in [0.2, 0.25) is 0 Å². The van der Waals surface area contributed by atoms with Gasteiger partial charge in [-0.05, 0) is 30.3 Å². The Morgan fingerprint density at radius 1 is 1.33 bits per heavy atom. The second kappa shape index (κ2) is 6.08. The average Bonchev–Trinajstić information content (AvgIpc) is 3.14. The number of thioether (sulfide) groups is 1. The van der Waals surface area contributed by atoms with Crippen LogP contribution in [0, 0.1) is 17.1 Å². The monoisotopic (exact) mass is 317 g/mol. The fourth-order valence-corrected chi connectivity index (χ4v) is 3.14. The van der Waals surface area contributed by atoms with E-state index in [0.717, 1.165) is 9.77 Å². The molecule has 0 amide bonds. The van der Waals surface area contributed by atoms with Crippen molar-refractivity contribution in [3.8, 4) is 16.8 Å². The first-order chi connectivity index (χ1) is 10.2. The molecule has 3 rings (SSSR count). The van der Waals surface area contributed by atoms with Crippen molar-refractivity contribution in [2.75, 3.05) is 0 Å². The van der Waals surface area contributed by atoms with Gasteiger partial charge in [0.05, 0.1) is 10.6 Å². The van der Waals surface area contributed by atoms with Gasteiger partial charge in [0.1, 0.15) is 16.8 Å². The number of hydrogen-bond acceptors (Lipinski definition) is 6. The Labute approximate surface area is 128 Å². The SMILES string of the molecule is N#Cc1ccc(-c2nc(CSc3cccc(F)c3)no2)s1. The Hall–Kier alpha value is -2.17. The molecule has 3 aromatic rings. The molecule has 0 aliphatic heterocycles. The molecule has 104 valence electrons. The number of halogens is 1. The van der Waals surface area contributed by atoms with Crippen LogP contribution in [0.1, 0.15) is 10.7 Å². The first-order valence-corrected chi connectivity index (χ1v) is 7.76. The quantitative estimate of drug-likeness (QED) is 0.678. The van der Waals surface area contributed by atoms with E-state index in [-0.39, 0.29) is 5.82 Å². The molecule has 0 unspecified atom stereocenters. The van der Waals surface area contributed by atoms with Crippen LogP contribution in [0.5, 0.6) is 0 Å². The predicted molar refractivity (Wildman–Crippen MR) is 78.3 cm³/mol. The summed E-state index contributed by atoms with van der Waals surface area (Å²) >= 11 is 2.73. The van der Waals surface area contributed by atoms with Gasteiger partial charge in [0.25, 0.3) is 5.89 Å². The van der Waals surface area contributed by atoms with Crippen LogP contribution in [0.25, 0.3) is 10.8 Å².